The lowest BCUT2D eigenvalue weighted by Crippen LogP contribution is -2.47. The molecule has 0 bridgehead atoms. The Bertz CT molecular complexity index is 619. The number of carbonyl (C=O) groups excluding carboxylic acids is 2. The van der Waals surface area contributed by atoms with E-state index in [1.165, 1.54) is 24.3 Å². The topological polar surface area (TPSA) is 128 Å². The van der Waals surface area contributed by atoms with Crippen LogP contribution in [0.1, 0.15) is 12.8 Å². The second-order valence-electron chi connectivity index (χ2n) is 5.80. The normalized spacial score (nSPS) is 17.0. The van der Waals surface area contributed by atoms with Gasteiger partial charge >= 0.3 is 0 Å². The molecule has 136 valence electrons. The summed E-state index contributed by atoms with van der Waals surface area (Å²) in [4.78, 5) is 36.0. The Morgan fingerprint density at radius 3 is 2.72 bits per heavy atom. The molecule has 1 atom stereocenters. The number of non-ortho nitro benzene ring substituents is 1. The minimum absolute atomic E-state index is 0.0407. The Labute approximate surface area is 145 Å². The molecule has 25 heavy (non-hydrogen) atoms. The van der Waals surface area contributed by atoms with Gasteiger partial charge in [-0.2, -0.15) is 0 Å². The first-order valence-corrected chi connectivity index (χ1v) is 8.14. The zero-order valence-electron chi connectivity index (χ0n) is 13.8. The monoisotopic (exact) mass is 350 g/mol. The number of carbonyl (C=O) groups is 2. The fraction of sp³-hybridized carbons (Fsp3) is 0.500. The van der Waals surface area contributed by atoms with Crippen LogP contribution in [0.15, 0.2) is 24.3 Å². The van der Waals surface area contributed by atoms with E-state index in [-0.39, 0.29) is 30.0 Å². The van der Waals surface area contributed by atoms with Crippen molar-refractivity contribution >= 4 is 17.5 Å². The van der Waals surface area contributed by atoms with Crippen molar-refractivity contribution in [2.24, 2.45) is 11.7 Å². The van der Waals surface area contributed by atoms with Gasteiger partial charge in [0.25, 0.3) is 11.6 Å². The molecule has 1 aliphatic heterocycles. The lowest BCUT2D eigenvalue weighted by Gasteiger charge is -2.32. The number of ether oxygens (including phenoxy) is 1. The predicted octanol–water partition coefficient (Wildman–Crippen LogP) is 0.287. The summed E-state index contributed by atoms with van der Waals surface area (Å²) in [5.41, 5.74) is 5.33. The average molecular weight is 350 g/mol. The first-order chi connectivity index (χ1) is 12.0. The third kappa shape index (κ3) is 5.42. The van der Waals surface area contributed by atoms with Gasteiger partial charge < -0.3 is 20.7 Å². The van der Waals surface area contributed by atoms with E-state index in [9.17, 15) is 19.7 Å². The van der Waals surface area contributed by atoms with Gasteiger partial charge in [0.05, 0.1) is 10.8 Å². The van der Waals surface area contributed by atoms with Crippen LogP contribution in [0.2, 0.25) is 0 Å². The molecule has 3 N–H and O–H groups in total. The van der Waals surface area contributed by atoms with E-state index in [2.05, 4.69) is 5.32 Å². The standard InChI is InChI=1S/C16H22N4O5/c17-7-8-18-16(22)12-2-1-9-19(10-12)15(21)11-25-14-5-3-13(4-6-14)20(23)24/h3-6,12H,1-2,7-11,17H2,(H,18,22). The largest absolute Gasteiger partial charge is 0.484 e. The number of benzene rings is 1. The van der Waals surface area contributed by atoms with Crippen LogP contribution < -0.4 is 15.8 Å². The van der Waals surface area contributed by atoms with E-state index in [0.717, 1.165) is 12.8 Å². The van der Waals surface area contributed by atoms with Crippen molar-refractivity contribution in [1.29, 1.82) is 0 Å². The number of nitrogens with two attached hydrogens (primary N) is 1. The molecule has 1 unspecified atom stereocenters. The third-order valence-corrected chi connectivity index (χ3v) is 4.00. The lowest BCUT2D eigenvalue weighted by molar-refractivity contribution is -0.384. The Balaban J connectivity index is 1.83. The highest BCUT2D eigenvalue weighted by Crippen LogP contribution is 2.19. The molecule has 1 heterocycles. The fourth-order valence-electron chi connectivity index (χ4n) is 2.66. The summed E-state index contributed by atoms with van der Waals surface area (Å²) in [7, 11) is 0. The quantitative estimate of drug-likeness (QED) is 0.537. The van der Waals surface area contributed by atoms with Crippen LogP contribution in [0.4, 0.5) is 5.69 Å². The van der Waals surface area contributed by atoms with Gasteiger partial charge in [-0.1, -0.05) is 0 Å². The summed E-state index contributed by atoms with van der Waals surface area (Å²) in [5.74, 6) is -0.147. The smallest absolute Gasteiger partial charge is 0.269 e. The van der Waals surface area contributed by atoms with Gasteiger partial charge in [-0.15, -0.1) is 0 Å². The van der Waals surface area contributed by atoms with Gasteiger partial charge in [0.1, 0.15) is 5.75 Å². The molecule has 1 aliphatic rings. The number of amides is 2. The van der Waals surface area contributed by atoms with E-state index in [1.54, 1.807) is 4.90 Å². The maximum atomic E-state index is 12.3. The Kier molecular flexibility index (Phi) is 6.70. The SMILES string of the molecule is NCCNC(=O)C1CCCN(C(=O)COc2ccc([N+](=O)[O-])cc2)C1. The van der Waals surface area contributed by atoms with Crippen molar-refractivity contribution in [2.45, 2.75) is 12.8 Å². The van der Waals surface area contributed by atoms with Crippen LogP contribution in [0.25, 0.3) is 0 Å². The van der Waals surface area contributed by atoms with E-state index in [1.807, 2.05) is 0 Å². The summed E-state index contributed by atoms with van der Waals surface area (Å²) in [5, 5.41) is 13.3. The molecule has 0 aromatic heterocycles. The molecule has 9 nitrogen and oxygen atoms in total. The molecule has 0 saturated carbocycles. The van der Waals surface area contributed by atoms with E-state index in [4.69, 9.17) is 10.5 Å². The van der Waals surface area contributed by atoms with E-state index < -0.39 is 4.92 Å². The van der Waals surface area contributed by atoms with E-state index in [0.29, 0.717) is 31.9 Å². The van der Waals surface area contributed by atoms with Gasteiger partial charge in [0, 0.05) is 38.3 Å². The minimum Gasteiger partial charge on any atom is -0.484 e. The lowest BCUT2D eigenvalue weighted by atomic mass is 9.97. The molecule has 0 aliphatic carbocycles. The molecule has 0 radical (unpaired) electrons. The zero-order chi connectivity index (χ0) is 18.2. The second-order valence-corrected chi connectivity index (χ2v) is 5.80. The van der Waals surface area contributed by atoms with Gasteiger partial charge in [-0.3, -0.25) is 19.7 Å². The Morgan fingerprint density at radius 1 is 1.36 bits per heavy atom. The first kappa shape index (κ1) is 18.7. The molecule has 1 aromatic carbocycles. The van der Waals surface area contributed by atoms with E-state index >= 15 is 0 Å². The predicted molar refractivity (Wildman–Crippen MR) is 90.0 cm³/mol. The van der Waals surface area contributed by atoms with Gasteiger partial charge in [0.2, 0.25) is 5.91 Å². The molecule has 1 aromatic rings. The molecule has 9 heteroatoms. The molecule has 2 rings (SSSR count). The molecular weight excluding hydrogens is 328 g/mol. The summed E-state index contributed by atoms with van der Waals surface area (Å²) in [6, 6.07) is 5.53. The summed E-state index contributed by atoms with van der Waals surface area (Å²) >= 11 is 0. The molecular formula is C16H22N4O5. The Morgan fingerprint density at radius 2 is 2.08 bits per heavy atom. The molecule has 0 spiro atoms. The number of piperidine rings is 1. The van der Waals surface area contributed by atoms with Crippen LogP contribution in [0, 0.1) is 16.0 Å². The number of hydrogen-bond donors (Lipinski definition) is 2. The van der Waals surface area contributed by atoms with Crippen molar-refractivity contribution in [1.82, 2.24) is 10.2 Å². The summed E-state index contributed by atoms with van der Waals surface area (Å²) in [6.45, 7) is 1.58. The van der Waals surface area contributed by atoms with Gasteiger partial charge in [0.15, 0.2) is 6.61 Å². The van der Waals surface area contributed by atoms with Gasteiger partial charge in [-0.25, -0.2) is 0 Å². The zero-order valence-corrected chi connectivity index (χ0v) is 13.8. The number of nitro groups is 1. The van der Waals surface area contributed by atoms with Crippen LogP contribution in [-0.4, -0.2) is 54.4 Å². The average Bonchev–Trinajstić information content (AvgIpc) is 2.64. The number of rotatable bonds is 7. The van der Waals surface area contributed by atoms with Crippen molar-refractivity contribution in [3.05, 3.63) is 34.4 Å². The minimum atomic E-state index is -0.501. The first-order valence-electron chi connectivity index (χ1n) is 8.14. The highest BCUT2D eigenvalue weighted by molar-refractivity contribution is 5.82. The fourth-order valence-corrected chi connectivity index (χ4v) is 2.66. The van der Waals surface area contributed by atoms with Crippen LogP contribution in [0.5, 0.6) is 5.75 Å². The van der Waals surface area contributed by atoms with Crippen LogP contribution in [0.3, 0.4) is 0 Å². The maximum Gasteiger partial charge on any atom is 0.269 e. The van der Waals surface area contributed by atoms with Crippen LogP contribution >= 0.6 is 0 Å². The van der Waals surface area contributed by atoms with Gasteiger partial charge in [-0.05, 0) is 25.0 Å². The second kappa shape index (κ2) is 8.97. The number of likely N-dealkylation sites (tertiary alicyclic amines) is 1. The third-order valence-electron chi connectivity index (χ3n) is 4.00. The summed E-state index contributed by atoms with van der Waals surface area (Å²) in [6.07, 6.45) is 1.49. The number of nitrogens with one attached hydrogen (secondary N) is 1. The maximum absolute atomic E-state index is 12.3. The number of hydrogen-bond acceptors (Lipinski definition) is 6. The van der Waals surface area contributed by atoms with Crippen molar-refractivity contribution in [3.8, 4) is 5.75 Å². The van der Waals surface area contributed by atoms with Crippen LogP contribution in [-0.2, 0) is 9.59 Å². The molecule has 1 saturated heterocycles. The number of nitrogens with zero attached hydrogens (tertiary/aromatic N) is 2. The molecule has 2 amide bonds. The highest BCUT2D eigenvalue weighted by Gasteiger charge is 2.28. The Hall–Kier alpha value is -2.68. The summed E-state index contributed by atoms with van der Waals surface area (Å²) < 4.78 is 5.39. The van der Waals surface area contributed by atoms with Crippen molar-refractivity contribution in [2.75, 3.05) is 32.8 Å². The van der Waals surface area contributed by atoms with Crippen molar-refractivity contribution < 1.29 is 19.2 Å². The molecule has 1 fully saturated rings. The number of nitro benzene ring substituents is 1. The highest BCUT2D eigenvalue weighted by atomic mass is 16.6. The van der Waals surface area contributed by atoms with Crippen molar-refractivity contribution in [3.63, 3.8) is 0 Å².